The van der Waals surface area contributed by atoms with E-state index in [1.807, 2.05) is 0 Å². The molecule has 0 unspecified atom stereocenters. The monoisotopic (exact) mass is 277 g/mol. The SMILES string of the molecule is CC(C)N1CCC(=NNC(=O)c2ccc(F)cc2)CC1. The van der Waals surface area contributed by atoms with E-state index >= 15 is 0 Å². The summed E-state index contributed by atoms with van der Waals surface area (Å²) in [5.74, 6) is -0.655. The minimum absolute atomic E-state index is 0.302. The Morgan fingerprint density at radius 2 is 1.85 bits per heavy atom. The van der Waals surface area contributed by atoms with E-state index in [9.17, 15) is 9.18 Å². The minimum atomic E-state index is -0.353. The first kappa shape index (κ1) is 14.7. The highest BCUT2D eigenvalue weighted by atomic mass is 19.1. The van der Waals surface area contributed by atoms with E-state index in [0.29, 0.717) is 11.6 Å². The number of amides is 1. The van der Waals surface area contributed by atoms with Crippen LogP contribution in [-0.2, 0) is 0 Å². The van der Waals surface area contributed by atoms with E-state index in [-0.39, 0.29) is 11.7 Å². The number of carbonyl (C=O) groups excluding carboxylic acids is 1. The average molecular weight is 277 g/mol. The number of hydrazone groups is 1. The van der Waals surface area contributed by atoms with Crippen molar-refractivity contribution in [3.63, 3.8) is 0 Å². The number of nitrogens with one attached hydrogen (secondary N) is 1. The lowest BCUT2D eigenvalue weighted by atomic mass is 10.1. The summed E-state index contributed by atoms with van der Waals surface area (Å²) < 4.78 is 12.8. The van der Waals surface area contributed by atoms with Gasteiger partial charge in [-0.15, -0.1) is 0 Å². The molecule has 0 radical (unpaired) electrons. The summed E-state index contributed by atoms with van der Waals surface area (Å²) in [6.45, 7) is 6.31. The van der Waals surface area contributed by atoms with Crippen LogP contribution >= 0.6 is 0 Å². The Hall–Kier alpha value is -1.75. The molecule has 20 heavy (non-hydrogen) atoms. The maximum Gasteiger partial charge on any atom is 0.271 e. The van der Waals surface area contributed by atoms with E-state index < -0.39 is 0 Å². The standard InChI is InChI=1S/C15H20FN3O/c1-11(2)19-9-7-14(8-10-19)17-18-15(20)12-3-5-13(16)6-4-12/h3-6,11H,7-10H2,1-2H3,(H,18,20). The number of carbonyl (C=O) groups is 1. The summed E-state index contributed by atoms with van der Waals surface area (Å²) in [7, 11) is 0. The lowest BCUT2D eigenvalue weighted by Gasteiger charge is -2.30. The van der Waals surface area contributed by atoms with Gasteiger partial charge in [-0.1, -0.05) is 0 Å². The van der Waals surface area contributed by atoms with Crippen molar-refractivity contribution in [2.45, 2.75) is 32.7 Å². The van der Waals surface area contributed by atoms with E-state index in [2.05, 4.69) is 29.3 Å². The van der Waals surface area contributed by atoms with Gasteiger partial charge in [0.15, 0.2) is 0 Å². The van der Waals surface area contributed by atoms with Crippen molar-refractivity contribution in [1.29, 1.82) is 0 Å². The maximum atomic E-state index is 12.8. The Bertz CT molecular complexity index is 486. The second-order valence-corrected chi connectivity index (χ2v) is 5.26. The largest absolute Gasteiger partial charge is 0.300 e. The second-order valence-electron chi connectivity index (χ2n) is 5.26. The molecule has 0 atom stereocenters. The van der Waals surface area contributed by atoms with Crippen LogP contribution < -0.4 is 5.43 Å². The van der Waals surface area contributed by atoms with Gasteiger partial charge < -0.3 is 4.90 Å². The lowest BCUT2D eigenvalue weighted by Crippen LogP contribution is -2.39. The van der Waals surface area contributed by atoms with Gasteiger partial charge in [-0.2, -0.15) is 5.10 Å². The third-order valence-electron chi connectivity index (χ3n) is 3.53. The first-order chi connectivity index (χ1) is 9.56. The zero-order valence-electron chi connectivity index (χ0n) is 11.9. The van der Waals surface area contributed by atoms with Crippen molar-refractivity contribution in [3.05, 3.63) is 35.6 Å². The molecule has 0 spiro atoms. The zero-order chi connectivity index (χ0) is 14.5. The molecule has 0 saturated carbocycles. The molecular weight excluding hydrogens is 257 g/mol. The van der Waals surface area contributed by atoms with Crippen molar-refractivity contribution >= 4 is 11.6 Å². The number of halogens is 1. The highest BCUT2D eigenvalue weighted by molar-refractivity contribution is 5.95. The van der Waals surface area contributed by atoms with Crippen LogP contribution in [0.4, 0.5) is 4.39 Å². The molecule has 1 aliphatic heterocycles. The minimum Gasteiger partial charge on any atom is -0.300 e. The van der Waals surface area contributed by atoms with Crippen molar-refractivity contribution in [1.82, 2.24) is 10.3 Å². The normalized spacial score (nSPS) is 16.3. The van der Waals surface area contributed by atoms with E-state index in [0.717, 1.165) is 31.6 Å². The van der Waals surface area contributed by atoms with E-state index in [1.54, 1.807) is 0 Å². The zero-order valence-corrected chi connectivity index (χ0v) is 11.9. The fraction of sp³-hybridized carbons (Fsp3) is 0.467. The van der Waals surface area contributed by atoms with Crippen LogP contribution in [0.15, 0.2) is 29.4 Å². The van der Waals surface area contributed by atoms with Crippen LogP contribution in [0.1, 0.15) is 37.0 Å². The van der Waals surface area contributed by atoms with Crippen molar-refractivity contribution < 1.29 is 9.18 Å². The molecule has 5 heteroatoms. The molecule has 1 N–H and O–H groups in total. The van der Waals surface area contributed by atoms with Gasteiger partial charge in [-0.25, -0.2) is 9.82 Å². The Morgan fingerprint density at radius 3 is 2.40 bits per heavy atom. The third kappa shape index (κ3) is 3.87. The van der Waals surface area contributed by atoms with Crippen molar-refractivity contribution in [2.24, 2.45) is 5.10 Å². The fourth-order valence-electron chi connectivity index (χ4n) is 2.21. The molecule has 0 aromatic heterocycles. The molecule has 2 rings (SSSR count). The lowest BCUT2D eigenvalue weighted by molar-refractivity contribution is 0.0954. The molecule has 1 aromatic rings. The second kappa shape index (κ2) is 6.61. The van der Waals surface area contributed by atoms with Crippen LogP contribution in [0.2, 0.25) is 0 Å². The number of rotatable bonds is 3. The third-order valence-corrected chi connectivity index (χ3v) is 3.53. The summed E-state index contributed by atoms with van der Waals surface area (Å²) in [4.78, 5) is 14.2. The van der Waals surface area contributed by atoms with Crippen molar-refractivity contribution in [2.75, 3.05) is 13.1 Å². The Balaban J connectivity index is 1.87. The molecule has 1 amide bonds. The number of piperidine rings is 1. The van der Waals surface area contributed by atoms with Crippen LogP contribution in [0.25, 0.3) is 0 Å². The molecule has 0 aliphatic carbocycles. The topological polar surface area (TPSA) is 44.7 Å². The van der Waals surface area contributed by atoms with Gasteiger partial charge in [-0.05, 0) is 38.1 Å². The molecule has 108 valence electrons. The smallest absolute Gasteiger partial charge is 0.271 e. The quantitative estimate of drug-likeness (QED) is 0.862. The number of likely N-dealkylation sites (tertiary alicyclic amines) is 1. The maximum absolute atomic E-state index is 12.8. The molecule has 1 aliphatic rings. The Morgan fingerprint density at radius 1 is 1.25 bits per heavy atom. The summed E-state index contributed by atoms with van der Waals surface area (Å²) in [6, 6.07) is 5.98. The average Bonchev–Trinajstić information content (AvgIpc) is 2.46. The van der Waals surface area contributed by atoms with E-state index in [4.69, 9.17) is 0 Å². The van der Waals surface area contributed by atoms with Crippen LogP contribution in [0, 0.1) is 5.82 Å². The van der Waals surface area contributed by atoms with Gasteiger partial charge >= 0.3 is 0 Å². The van der Waals surface area contributed by atoms with Gasteiger partial charge in [0.05, 0.1) is 0 Å². The first-order valence-electron chi connectivity index (χ1n) is 6.91. The predicted octanol–water partition coefficient (Wildman–Crippen LogP) is 2.42. The van der Waals surface area contributed by atoms with Gasteiger partial charge in [0.1, 0.15) is 5.82 Å². The summed E-state index contributed by atoms with van der Waals surface area (Å²) in [5, 5.41) is 4.17. The van der Waals surface area contributed by atoms with Crippen LogP contribution in [-0.4, -0.2) is 35.7 Å². The molecule has 1 aromatic carbocycles. The molecule has 0 bridgehead atoms. The van der Waals surface area contributed by atoms with Crippen LogP contribution in [0.5, 0.6) is 0 Å². The van der Waals surface area contributed by atoms with Gasteiger partial charge in [0.2, 0.25) is 0 Å². The van der Waals surface area contributed by atoms with Gasteiger partial charge in [0, 0.05) is 43.2 Å². The predicted molar refractivity (Wildman–Crippen MR) is 77.2 cm³/mol. The molecule has 4 nitrogen and oxygen atoms in total. The van der Waals surface area contributed by atoms with E-state index in [1.165, 1.54) is 24.3 Å². The number of benzene rings is 1. The summed E-state index contributed by atoms with van der Waals surface area (Å²) >= 11 is 0. The number of hydrogen-bond donors (Lipinski definition) is 1. The van der Waals surface area contributed by atoms with Gasteiger partial charge in [0.25, 0.3) is 5.91 Å². The highest BCUT2D eigenvalue weighted by Gasteiger charge is 2.17. The highest BCUT2D eigenvalue weighted by Crippen LogP contribution is 2.10. The molecule has 1 saturated heterocycles. The molecular formula is C15H20FN3O. The van der Waals surface area contributed by atoms with Crippen molar-refractivity contribution in [3.8, 4) is 0 Å². The fourth-order valence-corrected chi connectivity index (χ4v) is 2.21. The Labute approximate surface area is 118 Å². The summed E-state index contributed by atoms with van der Waals surface area (Å²) in [6.07, 6.45) is 1.75. The Kier molecular flexibility index (Phi) is 4.84. The first-order valence-corrected chi connectivity index (χ1v) is 6.91. The number of hydrogen-bond acceptors (Lipinski definition) is 3. The molecule has 1 heterocycles. The van der Waals surface area contributed by atoms with Gasteiger partial charge in [-0.3, -0.25) is 4.79 Å². The summed E-state index contributed by atoms with van der Waals surface area (Å²) in [5.41, 5.74) is 3.96. The van der Waals surface area contributed by atoms with Crippen LogP contribution in [0.3, 0.4) is 0 Å². The molecule has 1 fully saturated rings. The number of nitrogens with zero attached hydrogens (tertiary/aromatic N) is 2.